The van der Waals surface area contributed by atoms with Crippen LogP contribution in [0, 0.1) is 13.8 Å². The Morgan fingerprint density at radius 3 is 2.38 bits per heavy atom. The summed E-state index contributed by atoms with van der Waals surface area (Å²) < 4.78 is 32.2. The van der Waals surface area contributed by atoms with Crippen molar-refractivity contribution in [2.24, 2.45) is 0 Å². The molecule has 9 heteroatoms. The summed E-state index contributed by atoms with van der Waals surface area (Å²) in [5.41, 5.74) is 0.726. The molecule has 1 aromatic heterocycles. The van der Waals surface area contributed by atoms with Crippen molar-refractivity contribution in [3.63, 3.8) is 0 Å². The second kappa shape index (κ2) is 7.66. The van der Waals surface area contributed by atoms with Gasteiger partial charge in [0, 0.05) is 4.90 Å². The number of hydrogen-bond donors (Lipinski definition) is 3. The molecule has 2 rings (SSSR count). The van der Waals surface area contributed by atoms with Crippen LogP contribution in [0.3, 0.4) is 0 Å². The Bertz CT molecular complexity index is 767. The SMILES string of the molecule is CSc1ccc(C(O)C(CO)NS(=O)(=O)c2c(C)noc2C)cc1. The Hall–Kier alpha value is -1.39. The fraction of sp³-hybridized carbons (Fsp3) is 0.400. The Morgan fingerprint density at radius 1 is 1.29 bits per heavy atom. The van der Waals surface area contributed by atoms with E-state index in [9.17, 15) is 18.6 Å². The van der Waals surface area contributed by atoms with Crippen molar-refractivity contribution in [3.05, 3.63) is 41.3 Å². The first kappa shape index (κ1) is 18.9. The third-order valence-corrected chi connectivity index (χ3v) is 6.06. The monoisotopic (exact) mass is 372 g/mol. The van der Waals surface area contributed by atoms with Crippen molar-refractivity contribution < 1.29 is 23.2 Å². The molecular weight excluding hydrogens is 352 g/mol. The molecule has 0 aliphatic heterocycles. The average molecular weight is 372 g/mol. The number of sulfonamides is 1. The van der Waals surface area contributed by atoms with Crippen LogP contribution in [0.15, 0.2) is 38.6 Å². The minimum atomic E-state index is -3.99. The number of aromatic nitrogens is 1. The number of rotatable bonds is 7. The van der Waals surface area contributed by atoms with E-state index in [1.165, 1.54) is 13.8 Å². The summed E-state index contributed by atoms with van der Waals surface area (Å²) in [4.78, 5) is 0.939. The standard InChI is InChI=1S/C15H20N2O5S2/c1-9-15(10(2)22-16-9)24(20,21)17-13(8-18)14(19)11-4-6-12(23-3)7-5-11/h4-7,13-14,17-19H,8H2,1-3H3. The van der Waals surface area contributed by atoms with Gasteiger partial charge in [0.05, 0.1) is 18.8 Å². The molecule has 0 aliphatic rings. The van der Waals surface area contributed by atoms with Gasteiger partial charge in [0.15, 0.2) is 5.76 Å². The van der Waals surface area contributed by atoms with Crippen LogP contribution in [0.1, 0.15) is 23.1 Å². The van der Waals surface area contributed by atoms with Crippen LogP contribution in [0.5, 0.6) is 0 Å². The largest absolute Gasteiger partial charge is 0.395 e. The zero-order valence-corrected chi connectivity index (χ0v) is 15.2. The zero-order chi connectivity index (χ0) is 17.9. The number of benzene rings is 1. The van der Waals surface area contributed by atoms with Gasteiger partial charge in [0.2, 0.25) is 10.0 Å². The van der Waals surface area contributed by atoms with Crippen molar-refractivity contribution in [2.45, 2.75) is 35.8 Å². The Kier molecular flexibility index (Phi) is 6.05. The van der Waals surface area contributed by atoms with Crippen LogP contribution in [0.25, 0.3) is 0 Å². The van der Waals surface area contributed by atoms with E-state index in [0.29, 0.717) is 5.56 Å². The van der Waals surface area contributed by atoms with Gasteiger partial charge in [-0.3, -0.25) is 0 Å². The third kappa shape index (κ3) is 3.98. The lowest BCUT2D eigenvalue weighted by atomic mass is 10.0. The minimum Gasteiger partial charge on any atom is -0.395 e. The summed E-state index contributed by atoms with van der Waals surface area (Å²) in [5, 5.41) is 23.6. The van der Waals surface area contributed by atoms with Crippen molar-refractivity contribution in [2.75, 3.05) is 12.9 Å². The van der Waals surface area contributed by atoms with Crippen molar-refractivity contribution in [3.8, 4) is 0 Å². The number of nitrogens with one attached hydrogen (secondary N) is 1. The molecule has 0 bridgehead atoms. The van der Waals surface area contributed by atoms with Crippen LogP contribution in [-0.2, 0) is 10.0 Å². The summed E-state index contributed by atoms with van der Waals surface area (Å²) in [6.07, 6.45) is 0.737. The first-order chi connectivity index (χ1) is 11.3. The Balaban J connectivity index is 2.24. The molecule has 24 heavy (non-hydrogen) atoms. The number of hydrogen-bond acceptors (Lipinski definition) is 7. The molecule has 0 saturated heterocycles. The highest BCUT2D eigenvalue weighted by molar-refractivity contribution is 7.98. The quantitative estimate of drug-likeness (QED) is 0.630. The molecule has 0 saturated carbocycles. The van der Waals surface area contributed by atoms with Crippen molar-refractivity contribution >= 4 is 21.8 Å². The van der Waals surface area contributed by atoms with Crippen LogP contribution in [0.2, 0.25) is 0 Å². The summed E-state index contributed by atoms with van der Waals surface area (Å²) in [7, 11) is -3.99. The first-order valence-electron chi connectivity index (χ1n) is 7.18. The highest BCUT2D eigenvalue weighted by Gasteiger charge is 2.30. The molecule has 0 amide bonds. The number of aryl methyl sites for hydroxylation is 2. The second-order valence-electron chi connectivity index (χ2n) is 5.28. The second-order valence-corrected chi connectivity index (χ2v) is 7.81. The summed E-state index contributed by atoms with van der Waals surface area (Å²) in [5.74, 6) is 0.149. The summed E-state index contributed by atoms with van der Waals surface area (Å²) >= 11 is 1.55. The van der Waals surface area contributed by atoms with E-state index in [4.69, 9.17) is 4.52 Å². The van der Waals surface area contributed by atoms with Gasteiger partial charge < -0.3 is 14.7 Å². The normalized spacial score (nSPS) is 14.5. The van der Waals surface area contributed by atoms with Gasteiger partial charge >= 0.3 is 0 Å². The highest BCUT2D eigenvalue weighted by atomic mass is 32.2. The van der Waals surface area contributed by atoms with E-state index < -0.39 is 28.8 Å². The fourth-order valence-corrected chi connectivity index (χ4v) is 4.32. The topological polar surface area (TPSA) is 113 Å². The predicted octanol–water partition coefficient (Wildman–Crippen LogP) is 1.39. The molecule has 0 radical (unpaired) electrons. The Morgan fingerprint density at radius 2 is 1.92 bits per heavy atom. The highest BCUT2D eigenvalue weighted by Crippen LogP contribution is 2.24. The molecule has 2 aromatic rings. The van der Waals surface area contributed by atoms with Crippen LogP contribution in [0.4, 0.5) is 0 Å². The van der Waals surface area contributed by atoms with Crippen LogP contribution in [-0.4, -0.2) is 42.7 Å². The van der Waals surface area contributed by atoms with E-state index in [0.717, 1.165) is 4.90 Å². The summed E-state index contributed by atoms with van der Waals surface area (Å²) in [6, 6.07) is 5.94. The summed E-state index contributed by atoms with van der Waals surface area (Å²) in [6.45, 7) is 2.44. The van der Waals surface area contributed by atoms with Gasteiger partial charge in [-0.1, -0.05) is 17.3 Å². The van der Waals surface area contributed by atoms with E-state index in [1.54, 1.807) is 23.9 Å². The molecule has 3 N–H and O–H groups in total. The van der Waals surface area contributed by atoms with Gasteiger partial charge in [0.1, 0.15) is 10.6 Å². The first-order valence-corrected chi connectivity index (χ1v) is 9.89. The molecule has 132 valence electrons. The van der Waals surface area contributed by atoms with Crippen LogP contribution >= 0.6 is 11.8 Å². The molecule has 7 nitrogen and oxygen atoms in total. The lowest BCUT2D eigenvalue weighted by Crippen LogP contribution is -2.42. The molecule has 0 spiro atoms. The van der Waals surface area contributed by atoms with Crippen LogP contribution < -0.4 is 4.72 Å². The molecule has 0 fully saturated rings. The van der Waals surface area contributed by atoms with E-state index in [1.807, 2.05) is 18.4 Å². The molecule has 1 heterocycles. The molecule has 2 atom stereocenters. The third-order valence-electron chi connectivity index (χ3n) is 3.58. The van der Waals surface area contributed by atoms with E-state index in [2.05, 4.69) is 9.88 Å². The van der Waals surface area contributed by atoms with Gasteiger partial charge in [-0.05, 0) is 37.8 Å². The lowest BCUT2D eigenvalue weighted by Gasteiger charge is -2.22. The van der Waals surface area contributed by atoms with Gasteiger partial charge in [0.25, 0.3) is 0 Å². The van der Waals surface area contributed by atoms with Crippen molar-refractivity contribution in [1.29, 1.82) is 0 Å². The smallest absolute Gasteiger partial charge is 0.246 e. The van der Waals surface area contributed by atoms with E-state index >= 15 is 0 Å². The molecule has 2 unspecified atom stereocenters. The molecule has 1 aromatic carbocycles. The van der Waals surface area contributed by atoms with Gasteiger partial charge in [-0.2, -0.15) is 0 Å². The molecule has 0 aliphatic carbocycles. The zero-order valence-electron chi connectivity index (χ0n) is 13.6. The number of aliphatic hydroxyl groups excluding tert-OH is 2. The van der Waals surface area contributed by atoms with Crippen molar-refractivity contribution in [1.82, 2.24) is 9.88 Å². The maximum absolute atomic E-state index is 12.5. The lowest BCUT2D eigenvalue weighted by molar-refractivity contribution is 0.101. The maximum atomic E-state index is 12.5. The van der Waals surface area contributed by atoms with Gasteiger partial charge in [-0.25, -0.2) is 13.1 Å². The van der Waals surface area contributed by atoms with Gasteiger partial charge in [-0.15, -0.1) is 11.8 Å². The predicted molar refractivity (Wildman–Crippen MR) is 90.4 cm³/mol. The maximum Gasteiger partial charge on any atom is 0.246 e. The Labute approximate surface area is 145 Å². The average Bonchev–Trinajstić information content (AvgIpc) is 2.91. The molecular formula is C15H20N2O5S2. The number of nitrogens with zero attached hydrogens (tertiary/aromatic N) is 1. The van der Waals surface area contributed by atoms with E-state index in [-0.39, 0.29) is 16.3 Å². The number of thioether (sulfide) groups is 1. The fourth-order valence-electron chi connectivity index (χ4n) is 2.35. The minimum absolute atomic E-state index is 0.0779. The number of aliphatic hydroxyl groups is 2.